The molecule has 0 unspecified atom stereocenters. The highest BCUT2D eigenvalue weighted by Crippen LogP contribution is 2.37. The molecule has 162 valence electrons. The molecule has 0 N–H and O–H groups in total. The molecule has 7 nitrogen and oxygen atoms in total. The van der Waals surface area contributed by atoms with E-state index in [1.807, 2.05) is 55.1 Å². The van der Waals surface area contributed by atoms with Gasteiger partial charge in [0.2, 0.25) is 11.9 Å². The van der Waals surface area contributed by atoms with E-state index in [9.17, 15) is 4.79 Å². The number of nitrogens with zero attached hydrogens (tertiary/aromatic N) is 5. The molecule has 0 bridgehead atoms. The van der Waals surface area contributed by atoms with Crippen LogP contribution in [0.5, 0.6) is 0 Å². The van der Waals surface area contributed by atoms with Gasteiger partial charge in [0.15, 0.2) is 5.76 Å². The molecule has 2 aromatic heterocycles. The highest BCUT2D eigenvalue weighted by Gasteiger charge is 2.32. The standard InChI is InChI=1S/C24H29N5O2/c1-17-15-21(31-27-17)19-16-25-24(28(2)3)26-23(19)20-11-7-8-14-29(20)22(30)13-12-18-9-5-4-6-10-18/h4-6,9-10,15-16,20H,7-8,11-14H2,1-3H3/t20-/m1/s1. The van der Waals surface area contributed by atoms with E-state index in [0.717, 1.165) is 49.2 Å². The second-order valence-corrected chi connectivity index (χ2v) is 8.28. The average Bonchev–Trinajstić information content (AvgIpc) is 3.23. The summed E-state index contributed by atoms with van der Waals surface area (Å²) in [5, 5.41) is 4.03. The first kappa shape index (κ1) is 21.0. The number of likely N-dealkylation sites (tertiary alicyclic amines) is 1. The number of aryl methyl sites for hydroxylation is 2. The summed E-state index contributed by atoms with van der Waals surface area (Å²) >= 11 is 0. The average molecular weight is 420 g/mol. The van der Waals surface area contributed by atoms with E-state index in [0.29, 0.717) is 18.1 Å². The van der Waals surface area contributed by atoms with Crippen molar-refractivity contribution in [2.45, 2.75) is 45.1 Å². The maximum absolute atomic E-state index is 13.3. The van der Waals surface area contributed by atoms with Crippen LogP contribution in [0.25, 0.3) is 11.3 Å². The normalized spacial score (nSPS) is 16.4. The summed E-state index contributed by atoms with van der Waals surface area (Å²) in [6.45, 7) is 2.64. The molecule has 0 aliphatic carbocycles. The molecule has 1 amide bonds. The van der Waals surface area contributed by atoms with Crippen LogP contribution in [0, 0.1) is 6.92 Å². The highest BCUT2D eigenvalue weighted by molar-refractivity contribution is 5.77. The Kier molecular flexibility index (Phi) is 6.30. The van der Waals surface area contributed by atoms with Crippen LogP contribution in [-0.4, -0.2) is 46.6 Å². The van der Waals surface area contributed by atoms with E-state index in [1.165, 1.54) is 5.56 Å². The smallest absolute Gasteiger partial charge is 0.225 e. The number of amides is 1. The van der Waals surface area contributed by atoms with Crippen LogP contribution in [0.15, 0.2) is 47.1 Å². The maximum Gasteiger partial charge on any atom is 0.225 e. The molecular formula is C24H29N5O2. The van der Waals surface area contributed by atoms with Gasteiger partial charge < -0.3 is 14.3 Å². The summed E-state index contributed by atoms with van der Waals surface area (Å²) in [7, 11) is 3.84. The molecule has 0 radical (unpaired) electrons. The van der Waals surface area contributed by atoms with Crippen LogP contribution in [0.2, 0.25) is 0 Å². The van der Waals surface area contributed by atoms with Crippen LogP contribution in [0.3, 0.4) is 0 Å². The Morgan fingerprint density at radius 3 is 2.74 bits per heavy atom. The van der Waals surface area contributed by atoms with Gasteiger partial charge in [-0.15, -0.1) is 0 Å². The highest BCUT2D eigenvalue weighted by atomic mass is 16.5. The van der Waals surface area contributed by atoms with E-state index < -0.39 is 0 Å². The van der Waals surface area contributed by atoms with E-state index in [4.69, 9.17) is 9.51 Å². The number of piperidine rings is 1. The minimum atomic E-state index is -0.0980. The molecule has 4 rings (SSSR count). The van der Waals surface area contributed by atoms with Gasteiger partial charge in [-0.05, 0) is 38.2 Å². The van der Waals surface area contributed by atoms with Gasteiger partial charge in [-0.3, -0.25) is 4.79 Å². The van der Waals surface area contributed by atoms with E-state index in [2.05, 4.69) is 22.3 Å². The van der Waals surface area contributed by atoms with Crippen LogP contribution >= 0.6 is 0 Å². The van der Waals surface area contributed by atoms with Gasteiger partial charge in [0.05, 0.1) is 23.0 Å². The molecule has 3 heterocycles. The Morgan fingerprint density at radius 2 is 2.03 bits per heavy atom. The van der Waals surface area contributed by atoms with Gasteiger partial charge in [0.1, 0.15) is 0 Å². The van der Waals surface area contributed by atoms with Gasteiger partial charge in [-0.1, -0.05) is 35.5 Å². The summed E-state index contributed by atoms with van der Waals surface area (Å²) in [5.41, 5.74) is 3.62. The predicted molar refractivity (Wildman–Crippen MR) is 120 cm³/mol. The molecule has 0 spiro atoms. The zero-order chi connectivity index (χ0) is 21.8. The fourth-order valence-corrected chi connectivity index (χ4v) is 4.09. The van der Waals surface area contributed by atoms with Crippen molar-refractivity contribution in [2.75, 3.05) is 25.5 Å². The zero-order valence-electron chi connectivity index (χ0n) is 18.4. The lowest BCUT2D eigenvalue weighted by Crippen LogP contribution is -2.39. The minimum absolute atomic E-state index is 0.0980. The number of carbonyl (C=O) groups is 1. The number of carbonyl (C=O) groups excluding carboxylic acids is 1. The molecule has 1 fully saturated rings. The molecule has 1 atom stereocenters. The van der Waals surface area contributed by atoms with Crippen molar-refractivity contribution in [3.05, 3.63) is 59.5 Å². The Labute approximate surface area is 183 Å². The second kappa shape index (κ2) is 9.29. The van der Waals surface area contributed by atoms with Gasteiger partial charge in [0.25, 0.3) is 0 Å². The molecule has 0 saturated carbocycles. The van der Waals surface area contributed by atoms with E-state index in [-0.39, 0.29) is 11.9 Å². The van der Waals surface area contributed by atoms with Crippen molar-refractivity contribution >= 4 is 11.9 Å². The summed E-state index contributed by atoms with van der Waals surface area (Å²) in [4.78, 5) is 26.5. The lowest BCUT2D eigenvalue weighted by molar-refractivity contribution is -0.135. The molecule has 1 aliphatic rings. The fourth-order valence-electron chi connectivity index (χ4n) is 4.09. The first-order chi connectivity index (χ1) is 15.0. The summed E-state index contributed by atoms with van der Waals surface area (Å²) < 4.78 is 5.54. The molecule has 31 heavy (non-hydrogen) atoms. The van der Waals surface area contributed by atoms with Crippen molar-refractivity contribution in [1.29, 1.82) is 0 Å². The Hall–Kier alpha value is -3.22. The second-order valence-electron chi connectivity index (χ2n) is 8.28. The first-order valence-electron chi connectivity index (χ1n) is 10.8. The van der Waals surface area contributed by atoms with Crippen molar-refractivity contribution in [2.24, 2.45) is 0 Å². The lowest BCUT2D eigenvalue weighted by Gasteiger charge is -2.36. The van der Waals surface area contributed by atoms with Crippen molar-refractivity contribution in [3.63, 3.8) is 0 Å². The largest absolute Gasteiger partial charge is 0.356 e. The fraction of sp³-hybridized carbons (Fsp3) is 0.417. The Balaban J connectivity index is 1.64. The summed E-state index contributed by atoms with van der Waals surface area (Å²) in [5.74, 6) is 1.43. The zero-order valence-corrected chi connectivity index (χ0v) is 18.4. The van der Waals surface area contributed by atoms with Crippen LogP contribution < -0.4 is 4.90 Å². The summed E-state index contributed by atoms with van der Waals surface area (Å²) in [6.07, 6.45) is 5.96. The number of aromatic nitrogens is 3. The number of anilines is 1. The van der Waals surface area contributed by atoms with E-state index >= 15 is 0 Å². The Bertz CT molecular complexity index is 1030. The molecular weight excluding hydrogens is 390 g/mol. The topological polar surface area (TPSA) is 75.4 Å². The van der Waals surface area contributed by atoms with Crippen LogP contribution in [0.4, 0.5) is 5.95 Å². The molecule has 7 heteroatoms. The van der Waals surface area contributed by atoms with Crippen molar-refractivity contribution < 1.29 is 9.32 Å². The van der Waals surface area contributed by atoms with Gasteiger partial charge in [-0.25, -0.2) is 9.97 Å². The molecule has 1 aromatic carbocycles. The number of hydrogen-bond donors (Lipinski definition) is 0. The lowest BCUT2D eigenvalue weighted by atomic mass is 9.95. The first-order valence-corrected chi connectivity index (χ1v) is 10.8. The number of rotatable bonds is 6. The van der Waals surface area contributed by atoms with Crippen molar-refractivity contribution in [1.82, 2.24) is 20.0 Å². The summed E-state index contributed by atoms with van der Waals surface area (Å²) in [6, 6.07) is 12.0. The van der Waals surface area contributed by atoms with Crippen LogP contribution in [-0.2, 0) is 11.2 Å². The molecule has 1 saturated heterocycles. The third-order valence-electron chi connectivity index (χ3n) is 5.71. The number of benzene rings is 1. The molecule has 1 aliphatic heterocycles. The third-order valence-corrected chi connectivity index (χ3v) is 5.71. The quantitative estimate of drug-likeness (QED) is 0.596. The van der Waals surface area contributed by atoms with E-state index in [1.54, 1.807) is 6.20 Å². The third kappa shape index (κ3) is 4.76. The monoisotopic (exact) mass is 419 g/mol. The predicted octanol–water partition coefficient (Wildman–Crippen LogP) is 4.19. The molecule has 3 aromatic rings. The van der Waals surface area contributed by atoms with Gasteiger partial charge in [0, 0.05) is 39.3 Å². The SMILES string of the molecule is Cc1cc(-c2cnc(N(C)C)nc2[C@H]2CCCCN2C(=O)CCc2ccccc2)on1. The Morgan fingerprint density at radius 1 is 1.23 bits per heavy atom. The maximum atomic E-state index is 13.3. The number of hydrogen-bond acceptors (Lipinski definition) is 6. The minimum Gasteiger partial charge on any atom is -0.356 e. The van der Waals surface area contributed by atoms with Crippen molar-refractivity contribution in [3.8, 4) is 11.3 Å². The van der Waals surface area contributed by atoms with Gasteiger partial charge in [-0.2, -0.15) is 0 Å². The van der Waals surface area contributed by atoms with Gasteiger partial charge >= 0.3 is 0 Å². The van der Waals surface area contributed by atoms with Crippen LogP contribution in [0.1, 0.15) is 48.7 Å².